The Bertz CT molecular complexity index is 216. The topological polar surface area (TPSA) is 37.3 Å². The van der Waals surface area contributed by atoms with Crippen molar-refractivity contribution in [3.63, 3.8) is 0 Å². The molecule has 1 N–H and O–H groups in total. The highest BCUT2D eigenvalue weighted by Crippen LogP contribution is 2.13. The second-order valence-electron chi connectivity index (χ2n) is 5.10. The lowest BCUT2D eigenvalue weighted by Crippen LogP contribution is -1.96. The molecule has 0 saturated carbocycles. The number of aliphatic carboxylic acids is 1. The van der Waals surface area contributed by atoms with Crippen molar-refractivity contribution in [3.8, 4) is 0 Å². The number of carboxylic acid groups (broad SMARTS) is 1. The zero-order valence-corrected chi connectivity index (χ0v) is 14.1. The van der Waals surface area contributed by atoms with E-state index in [0.717, 1.165) is 17.9 Å². The van der Waals surface area contributed by atoms with Gasteiger partial charge in [0.15, 0.2) is 0 Å². The van der Waals surface area contributed by atoms with Gasteiger partial charge in [-0.05, 0) is 18.6 Å². The number of hydrogen-bond donors (Lipinski definition) is 1. The lowest BCUT2D eigenvalue weighted by Gasteiger charge is -2.02. The summed E-state index contributed by atoms with van der Waals surface area (Å²) >= 11 is 2.21. The zero-order valence-electron chi connectivity index (χ0n) is 12.4. The highest BCUT2D eigenvalue weighted by atomic mass is 32.2. The maximum Gasteiger partial charge on any atom is 0.304 e. The average molecular weight is 325 g/mol. The average Bonchev–Trinajstić information content (AvgIpc) is 2.43. The Balaban J connectivity index is 2.94. The summed E-state index contributed by atoms with van der Waals surface area (Å²) in [7, 11) is 0. The van der Waals surface area contributed by atoms with Gasteiger partial charge in [-0.2, -0.15) is 15.6 Å². The van der Waals surface area contributed by atoms with E-state index in [9.17, 15) is 8.68 Å². The SMILES string of the molecule is O=C(O)CCSCCCCCCCCCCCCSF. The molecule has 0 aliphatic heterocycles. The van der Waals surface area contributed by atoms with Crippen LogP contribution in [0, 0.1) is 0 Å². The molecule has 120 valence electrons. The van der Waals surface area contributed by atoms with E-state index in [1.807, 2.05) is 0 Å². The fraction of sp³-hybridized carbons (Fsp3) is 0.933. The highest BCUT2D eigenvalue weighted by molar-refractivity contribution is 7.99. The third kappa shape index (κ3) is 18.1. The molecule has 0 aromatic heterocycles. The molecule has 0 spiro atoms. The first-order chi connectivity index (χ1) is 9.77. The van der Waals surface area contributed by atoms with Gasteiger partial charge in [-0.25, -0.2) is 0 Å². The van der Waals surface area contributed by atoms with Crippen LogP contribution in [0.15, 0.2) is 0 Å². The van der Waals surface area contributed by atoms with Gasteiger partial charge >= 0.3 is 5.97 Å². The lowest BCUT2D eigenvalue weighted by molar-refractivity contribution is -0.136. The van der Waals surface area contributed by atoms with E-state index in [4.69, 9.17) is 5.11 Å². The number of carbonyl (C=O) groups is 1. The predicted molar refractivity (Wildman–Crippen MR) is 89.3 cm³/mol. The van der Waals surface area contributed by atoms with Crippen molar-refractivity contribution < 1.29 is 13.8 Å². The van der Waals surface area contributed by atoms with Gasteiger partial charge < -0.3 is 5.11 Å². The van der Waals surface area contributed by atoms with Gasteiger partial charge in [0.2, 0.25) is 0 Å². The van der Waals surface area contributed by atoms with Crippen molar-refractivity contribution in [2.45, 2.75) is 70.6 Å². The Labute approximate surface area is 132 Å². The Morgan fingerprint density at radius 1 is 0.750 bits per heavy atom. The molecule has 0 aliphatic rings. The van der Waals surface area contributed by atoms with E-state index in [1.54, 1.807) is 11.8 Å². The first-order valence-electron chi connectivity index (χ1n) is 7.80. The summed E-state index contributed by atoms with van der Waals surface area (Å²) in [5, 5.41) is 8.49. The zero-order chi connectivity index (χ0) is 14.9. The molecule has 0 heterocycles. The van der Waals surface area contributed by atoms with Crippen LogP contribution in [0.5, 0.6) is 0 Å². The maximum atomic E-state index is 11.8. The molecule has 0 aliphatic carbocycles. The van der Waals surface area contributed by atoms with Crippen molar-refractivity contribution >= 4 is 29.9 Å². The van der Waals surface area contributed by atoms with E-state index in [0.29, 0.717) is 17.9 Å². The summed E-state index contributed by atoms with van der Waals surface area (Å²) in [5.41, 5.74) is 0. The largest absolute Gasteiger partial charge is 0.481 e. The van der Waals surface area contributed by atoms with Crippen molar-refractivity contribution in [1.29, 1.82) is 0 Å². The Morgan fingerprint density at radius 2 is 1.20 bits per heavy atom. The third-order valence-electron chi connectivity index (χ3n) is 3.22. The van der Waals surface area contributed by atoms with Crippen LogP contribution in [0.3, 0.4) is 0 Å². The normalized spacial score (nSPS) is 10.8. The monoisotopic (exact) mass is 324 g/mol. The molecule has 0 radical (unpaired) electrons. The van der Waals surface area contributed by atoms with E-state index in [1.165, 1.54) is 57.8 Å². The number of thioether (sulfide) groups is 1. The molecule has 0 fully saturated rings. The fourth-order valence-corrected chi connectivity index (χ4v) is 3.28. The summed E-state index contributed by atoms with van der Waals surface area (Å²) in [6.07, 6.45) is 12.8. The van der Waals surface area contributed by atoms with E-state index in [2.05, 4.69) is 0 Å². The lowest BCUT2D eigenvalue weighted by atomic mass is 10.1. The van der Waals surface area contributed by atoms with Gasteiger partial charge in [0.1, 0.15) is 0 Å². The van der Waals surface area contributed by atoms with Crippen molar-refractivity contribution in [2.24, 2.45) is 0 Å². The molecule has 0 bridgehead atoms. The minimum absolute atomic E-state index is 0.286. The molecule has 0 saturated heterocycles. The molecule has 0 aromatic carbocycles. The molecule has 0 amide bonds. The van der Waals surface area contributed by atoms with Crippen molar-refractivity contribution in [2.75, 3.05) is 17.3 Å². The molecule has 0 rings (SSSR count). The van der Waals surface area contributed by atoms with Crippen LogP contribution in [0.4, 0.5) is 3.89 Å². The van der Waals surface area contributed by atoms with Crippen LogP contribution < -0.4 is 0 Å². The first kappa shape index (κ1) is 20.1. The van der Waals surface area contributed by atoms with Gasteiger partial charge in [-0.15, -0.1) is 0 Å². The van der Waals surface area contributed by atoms with Gasteiger partial charge in [-0.3, -0.25) is 4.79 Å². The van der Waals surface area contributed by atoms with Gasteiger partial charge in [0.25, 0.3) is 0 Å². The number of rotatable bonds is 16. The minimum atomic E-state index is -0.694. The van der Waals surface area contributed by atoms with Crippen LogP contribution in [0.1, 0.15) is 70.6 Å². The quantitative estimate of drug-likeness (QED) is 0.369. The van der Waals surface area contributed by atoms with Crippen molar-refractivity contribution in [1.82, 2.24) is 0 Å². The summed E-state index contributed by atoms with van der Waals surface area (Å²) < 4.78 is 11.8. The fourth-order valence-electron chi connectivity index (χ4n) is 2.04. The van der Waals surface area contributed by atoms with Crippen LogP contribution >= 0.6 is 23.9 Å². The summed E-state index contributed by atoms with van der Waals surface area (Å²) in [6.45, 7) is 0. The molecule has 0 aromatic rings. The Hall–Kier alpha value is 0.1000. The standard InChI is InChI=1S/C15H29FO2S2/c16-20-13-10-8-6-4-2-1-3-5-7-9-12-19-14-11-15(17)18/h1-14H2,(H,17,18). The molecular weight excluding hydrogens is 295 g/mol. The van der Waals surface area contributed by atoms with Gasteiger partial charge in [0, 0.05) is 23.7 Å². The van der Waals surface area contributed by atoms with Crippen LogP contribution in [0.2, 0.25) is 0 Å². The maximum absolute atomic E-state index is 11.8. The van der Waals surface area contributed by atoms with Crippen LogP contribution in [-0.4, -0.2) is 28.3 Å². The summed E-state index contributed by atoms with van der Waals surface area (Å²) in [5.74, 6) is 1.81. The molecule has 0 atom stereocenters. The smallest absolute Gasteiger partial charge is 0.304 e. The third-order valence-corrected chi connectivity index (χ3v) is 4.73. The van der Waals surface area contributed by atoms with Crippen molar-refractivity contribution in [3.05, 3.63) is 0 Å². The molecule has 2 nitrogen and oxygen atoms in total. The number of carboxylic acids is 1. The Kier molecular flexibility index (Phi) is 17.2. The minimum Gasteiger partial charge on any atom is -0.481 e. The number of unbranched alkanes of at least 4 members (excludes halogenated alkanes) is 9. The second kappa shape index (κ2) is 17.2. The van der Waals surface area contributed by atoms with E-state index in [-0.39, 0.29) is 6.42 Å². The number of halogens is 1. The number of hydrogen-bond acceptors (Lipinski definition) is 3. The summed E-state index contributed by atoms with van der Waals surface area (Å²) in [4.78, 5) is 10.3. The van der Waals surface area contributed by atoms with Gasteiger partial charge in [0.05, 0.1) is 6.42 Å². The molecule has 0 unspecified atom stereocenters. The highest BCUT2D eigenvalue weighted by Gasteiger charge is 1.97. The Morgan fingerprint density at radius 3 is 1.65 bits per heavy atom. The first-order valence-corrected chi connectivity index (χ1v) is 9.84. The second-order valence-corrected chi connectivity index (χ2v) is 6.96. The van der Waals surface area contributed by atoms with E-state index < -0.39 is 5.97 Å². The molecular formula is C15H29FO2S2. The van der Waals surface area contributed by atoms with Gasteiger partial charge in [-0.1, -0.05) is 51.4 Å². The molecule has 20 heavy (non-hydrogen) atoms. The molecule has 5 heteroatoms. The van der Waals surface area contributed by atoms with Crippen LogP contribution in [-0.2, 0) is 4.79 Å². The summed E-state index contributed by atoms with van der Waals surface area (Å²) in [6, 6.07) is 0. The van der Waals surface area contributed by atoms with Crippen LogP contribution in [0.25, 0.3) is 0 Å². The van der Waals surface area contributed by atoms with E-state index >= 15 is 0 Å². The predicted octanol–water partition coefficient (Wildman–Crippen LogP) is 5.71.